The number of aliphatic hydroxyl groups is 3. The third-order valence-electron chi connectivity index (χ3n) is 7.60. The molecule has 6 rings (SSSR count). The van der Waals surface area contributed by atoms with E-state index < -0.39 is 31.1 Å². The van der Waals surface area contributed by atoms with Gasteiger partial charge in [0, 0.05) is 31.5 Å². The summed E-state index contributed by atoms with van der Waals surface area (Å²) in [6, 6.07) is 17.3. The second kappa shape index (κ2) is 10.3. The third-order valence-corrected chi connectivity index (χ3v) is 7.60. The second-order valence-electron chi connectivity index (χ2n) is 9.93. The Labute approximate surface area is 220 Å². The summed E-state index contributed by atoms with van der Waals surface area (Å²) in [5, 5.41) is 30.1. The van der Waals surface area contributed by atoms with Gasteiger partial charge in [0.05, 0.1) is 12.9 Å². The highest BCUT2D eigenvalue weighted by molar-refractivity contribution is 5.83. The zero-order chi connectivity index (χ0) is 26.2. The lowest BCUT2D eigenvalue weighted by Gasteiger charge is -2.28. The minimum atomic E-state index is -1.21. The number of fused-ring (bicyclic) bond motifs is 3. The fourth-order valence-corrected chi connectivity index (χ4v) is 5.60. The summed E-state index contributed by atoms with van der Waals surface area (Å²) in [6.45, 7) is 1.20. The number of para-hydroxylation sites is 2. The number of aliphatic hydroxyl groups excluding tert-OH is 3. The lowest BCUT2D eigenvalue weighted by Crippen LogP contribution is -2.33. The molecule has 10 heteroatoms. The molecule has 0 spiro atoms. The van der Waals surface area contributed by atoms with Gasteiger partial charge in [-0.1, -0.05) is 36.4 Å². The molecule has 2 aliphatic rings. The van der Waals surface area contributed by atoms with E-state index in [2.05, 4.69) is 73.3 Å². The number of aryl methyl sites for hydroxylation is 2. The van der Waals surface area contributed by atoms with Gasteiger partial charge in [-0.2, -0.15) is 0 Å². The van der Waals surface area contributed by atoms with Crippen LogP contribution in [-0.2, 0) is 17.6 Å². The van der Waals surface area contributed by atoms with Crippen molar-refractivity contribution < 1.29 is 20.1 Å². The van der Waals surface area contributed by atoms with Crippen LogP contribution in [0.4, 0.5) is 17.2 Å². The van der Waals surface area contributed by atoms with E-state index in [4.69, 9.17) is 4.74 Å². The van der Waals surface area contributed by atoms with E-state index in [1.54, 1.807) is 4.57 Å². The predicted molar refractivity (Wildman–Crippen MR) is 144 cm³/mol. The van der Waals surface area contributed by atoms with Crippen molar-refractivity contribution in [2.45, 2.75) is 43.8 Å². The quantitative estimate of drug-likeness (QED) is 0.340. The Balaban J connectivity index is 1.21. The van der Waals surface area contributed by atoms with E-state index in [1.807, 2.05) is 7.05 Å². The first-order valence-electron chi connectivity index (χ1n) is 13.0. The Hall–Kier alpha value is -3.57. The molecule has 0 amide bonds. The molecule has 1 saturated heterocycles. The number of rotatable bonds is 7. The molecule has 0 unspecified atom stereocenters. The van der Waals surface area contributed by atoms with Gasteiger partial charge in [0.2, 0.25) is 0 Å². The molecule has 4 atom stereocenters. The molecule has 2 aliphatic heterocycles. The van der Waals surface area contributed by atoms with Crippen LogP contribution in [0.25, 0.3) is 11.2 Å². The van der Waals surface area contributed by atoms with Crippen molar-refractivity contribution in [3.05, 3.63) is 72.3 Å². The maximum Gasteiger partial charge on any atom is 0.167 e. The van der Waals surface area contributed by atoms with Gasteiger partial charge in [0.25, 0.3) is 0 Å². The first kappa shape index (κ1) is 24.7. The molecule has 2 aromatic heterocycles. The van der Waals surface area contributed by atoms with Crippen LogP contribution in [-0.4, -0.2) is 79.9 Å². The molecule has 3 N–H and O–H groups in total. The largest absolute Gasteiger partial charge is 0.394 e. The van der Waals surface area contributed by atoms with Crippen LogP contribution < -0.4 is 9.80 Å². The van der Waals surface area contributed by atoms with Crippen LogP contribution in [0.1, 0.15) is 23.8 Å². The fourth-order valence-electron chi connectivity index (χ4n) is 5.60. The number of aromatic nitrogens is 4. The highest BCUT2D eigenvalue weighted by Crippen LogP contribution is 2.36. The van der Waals surface area contributed by atoms with Gasteiger partial charge in [0.15, 0.2) is 23.2 Å². The van der Waals surface area contributed by atoms with Gasteiger partial charge in [0.1, 0.15) is 24.6 Å². The van der Waals surface area contributed by atoms with E-state index in [-0.39, 0.29) is 0 Å². The van der Waals surface area contributed by atoms with Crippen molar-refractivity contribution >= 4 is 28.4 Å². The molecule has 4 heterocycles. The molecule has 0 radical (unpaired) electrons. The Morgan fingerprint density at radius 3 is 2.29 bits per heavy atom. The van der Waals surface area contributed by atoms with Gasteiger partial charge >= 0.3 is 0 Å². The van der Waals surface area contributed by atoms with Crippen molar-refractivity contribution in [3.8, 4) is 0 Å². The van der Waals surface area contributed by atoms with Crippen LogP contribution in [0, 0.1) is 0 Å². The Bertz CT molecular complexity index is 1380. The molecule has 0 aliphatic carbocycles. The second-order valence-corrected chi connectivity index (χ2v) is 9.93. The van der Waals surface area contributed by atoms with Crippen LogP contribution in [0.3, 0.4) is 0 Å². The van der Waals surface area contributed by atoms with E-state index in [0.29, 0.717) is 17.0 Å². The average Bonchev–Trinajstić information content (AvgIpc) is 3.45. The first-order valence-corrected chi connectivity index (χ1v) is 13.0. The molecule has 198 valence electrons. The zero-order valence-electron chi connectivity index (χ0n) is 21.3. The molecule has 0 saturated carbocycles. The Morgan fingerprint density at radius 2 is 1.63 bits per heavy atom. The summed E-state index contributed by atoms with van der Waals surface area (Å²) in [5.74, 6) is 0.678. The number of nitrogens with zero attached hydrogens (tertiary/aromatic N) is 6. The molecular formula is C28H32N6O4. The van der Waals surface area contributed by atoms with Gasteiger partial charge in [-0.3, -0.25) is 4.57 Å². The lowest BCUT2D eigenvalue weighted by molar-refractivity contribution is -0.0511. The number of anilines is 3. The summed E-state index contributed by atoms with van der Waals surface area (Å²) < 4.78 is 7.27. The van der Waals surface area contributed by atoms with Crippen molar-refractivity contribution in [3.63, 3.8) is 0 Å². The van der Waals surface area contributed by atoms with Gasteiger partial charge in [-0.15, -0.1) is 0 Å². The normalized spacial score (nSPS) is 22.8. The lowest BCUT2D eigenvalue weighted by atomic mass is 10.0. The number of benzene rings is 2. The number of ether oxygens (including phenoxy) is 1. The van der Waals surface area contributed by atoms with E-state index in [1.165, 1.54) is 35.2 Å². The summed E-state index contributed by atoms with van der Waals surface area (Å²) in [6.07, 6.45) is 1.77. The fraction of sp³-hybridized carbons (Fsp3) is 0.393. The van der Waals surface area contributed by atoms with E-state index in [9.17, 15) is 15.3 Å². The molecule has 4 aromatic rings. The van der Waals surface area contributed by atoms with Crippen LogP contribution in [0.15, 0.2) is 61.2 Å². The molecule has 10 nitrogen and oxygen atoms in total. The maximum atomic E-state index is 10.5. The number of imidazole rings is 1. The smallest absolute Gasteiger partial charge is 0.167 e. The summed E-state index contributed by atoms with van der Waals surface area (Å²) in [5.41, 5.74) is 6.34. The highest BCUT2D eigenvalue weighted by atomic mass is 16.6. The summed E-state index contributed by atoms with van der Waals surface area (Å²) >= 11 is 0. The van der Waals surface area contributed by atoms with Crippen LogP contribution >= 0.6 is 0 Å². The average molecular weight is 517 g/mol. The van der Waals surface area contributed by atoms with Crippen molar-refractivity contribution in [1.29, 1.82) is 0 Å². The van der Waals surface area contributed by atoms with E-state index >= 15 is 0 Å². The standard InChI is InChI=1S/C28H32N6O4/c1-32(13-6-14-33-20-9-4-2-7-18(20)11-12-19-8-3-5-10-21(19)33)26-23-27(30-16-29-26)34(17-31-23)28-25(37)24(36)22(15-35)38-28/h2-5,7-10,16-17,22,24-25,28,35-37H,6,11-15H2,1H3/t22-,24-,25-,28-/m1/s1. The molecule has 0 bridgehead atoms. The van der Waals surface area contributed by atoms with Crippen LogP contribution in [0.2, 0.25) is 0 Å². The van der Waals surface area contributed by atoms with Gasteiger partial charge in [-0.05, 0) is 42.5 Å². The molecule has 1 fully saturated rings. The third kappa shape index (κ3) is 4.29. The minimum Gasteiger partial charge on any atom is -0.394 e. The van der Waals surface area contributed by atoms with E-state index in [0.717, 1.165) is 32.4 Å². The topological polar surface area (TPSA) is 120 Å². The monoisotopic (exact) mass is 516 g/mol. The van der Waals surface area contributed by atoms with Gasteiger partial charge in [-0.25, -0.2) is 15.0 Å². The van der Waals surface area contributed by atoms with Gasteiger partial charge < -0.3 is 29.9 Å². The maximum absolute atomic E-state index is 10.5. The molecular weight excluding hydrogens is 484 g/mol. The molecule has 38 heavy (non-hydrogen) atoms. The first-order chi connectivity index (χ1) is 18.6. The number of hydrogen-bond donors (Lipinski definition) is 3. The van der Waals surface area contributed by atoms with Crippen molar-refractivity contribution in [2.24, 2.45) is 0 Å². The predicted octanol–water partition coefficient (Wildman–Crippen LogP) is 2.20. The van der Waals surface area contributed by atoms with Crippen molar-refractivity contribution in [1.82, 2.24) is 19.5 Å². The van der Waals surface area contributed by atoms with Crippen LogP contribution in [0.5, 0.6) is 0 Å². The zero-order valence-corrected chi connectivity index (χ0v) is 21.3. The minimum absolute atomic E-state index is 0.393. The Kier molecular flexibility index (Phi) is 6.71. The SMILES string of the molecule is CN(CCCN1c2ccccc2CCc2ccccc21)c1ncnc2c1ncn2[C@@H]1O[C@H](CO)[C@@H](O)[C@H]1O. The highest BCUT2D eigenvalue weighted by Gasteiger charge is 2.44. The summed E-state index contributed by atoms with van der Waals surface area (Å²) in [4.78, 5) is 17.9. The Morgan fingerprint density at radius 1 is 0.947 bits per heavy atom. The number of hydrogen-bond acceptors (Lipinski definition) is 9. The summed E-state index contributed by atoms with van der Waals surface area (Å²) in [7, 11) is 1.98. The molecule has 2 aromatic carbocycles. The van der Waals surface area contributed by atoms with Crippen molar-refractivity contribution in [2.75, 3.05) is 36.5 Å².